The van der Waals surface area contributed by atoms with Crippen LogP contribution in [-0.2, 0) is 6.67 Å². The van der Waals surface area contributed by atoms with Gasteiger partial charge in [0.25, 0.3) is 5.91 Å². The van der Waals surface area contributed by atoms with E-state index in [0.29, 0.717) is 23.6 Å². The lowest BCUT2D eigenvalue weighted by Crippen LogP contribution is -2.24. The minimum atomic E-state index is -0.444. The average molecular weight is 306 g/mol. The van der Waals surface area contributed by atoms with Gasteiger partial charge in [-0.3, -0.25) is 19.6 Å². The summed E-state index contributed by atoms with van der Waals surface area (Å²) in [5.74, 6) is -0.236. The first-order valence-corrected chi connectivity index (χ1v) is 6.94. The summed E-state index contributed by atoms with van der Waals surface area (Å²) in [6.07, 6.45) is 2.49. The smallest absolute Gasteiger partial charge is 0.312 e. The first-order chi connectivity index (χ1) is 10.4. The van der Waals surface area contributed by atoms with Gasteiger partial charge in [-0.05, 0) is 26.3 Å². The predicted octanol–water partition coefficient (Wildman–Crippen LogP) is 1.25. The Bertz CT molecular complexity index is 703. The van der Waals surface area contributed by atoms with Crippen molar-refractivity contribution in [1.29, 1.82) is 0 Å². The fourth-order valence-electron chi connectivity index (χ4n) is 2.12. The predicted molar refractivity (Wildman–Crippen MR) is 78.6 cm³/mol. The van der Waals surface area contributed by atoms with Crippen molar-refractivity contribution in [2.45, 2.75) is 33.9 Å². The monoisotopic (exact) mass is 306 g/mol. The zero-order valence-electron chi connectivity index (χ0n) is 12.7. The lowest BCUT2D eigenvalue weighted by Gasteiger charge is -2.04. The zero-order chi connectivity index (χ0) is 16.3. The van der Waals surface area contributed by atoms with Gasteiger partial charge >= 0.3 is 5.69 Å². The Balaban J connectivity index is 2.15. The van der Waals surface area contributed by atoms with Crippen LogP contribution in [0.4, 0.5) is 5.69 Å². The molecule has 2 aromatic rings. The van der Waals surface area contributed by atoms with E-state index >= 15 is 0 Å². The molecule has 0 aliphatic heterocycles. The third kappa shape index (κ3) is 3.13. The van der Waals surface area contributed by atoms with Crippen molar-refractivity contribution in [2.24, 2.45) is 0 Å². The topological polar surface area (TPSA) is 108 Å². The number of carbonyl (C=O) groups excluding carboxylic acids is 1. The molecule has 0 aliphatic carbocycles. The Labute approximate surface area is 127 Å². The van der Waals surface area contributed by atoms with Gasteiger partial charge in [-0.1, -0.05) is 6.92 Å². The second-order valence-electron chi connectivity index (χ2n) is 4.91. The van der Waals surface area contributed by atoms with Gasteiger partial charge in [0.15, 0.2) is 0 Å². The number of amides is 1. The number of hydrogen-bond donors (Lipinski definition) is 1. The summed E-state index contributed by atoms with van der Waals surface area (Å²) in [4.78, 5) is 22.3. The summed E-state index contributed by atoms with van der Waals surface area (Å²) in [6, 6.07) is 1.60. The number of hydrogen-bond acceptors (Lipinski definition) is 5. The highest BCUT2D eigenvalue weighted by atomic mass is 16.6. The molecule has 0 aromatic carbocycles. The maximum Gasteiger partial charge on any atom is 0.312 e. The van der Waals surface area contributed by atoms with Gasteiger partial charge in [0.1, 0.15) is 23.8 Å². The lowest BCUT2D eigenvalue weighted by molar-refractivity contribution is -0.386. The summed E-state index contributed by atoms with van der Waals surface area (Å²) < 4.78 is 3.01. The molecule has 2 heterocycles. The van der Waals surface area contributed by atoms with Crippen LogP contribution >= 0.6 is 0 Å². The van der Waals surface area contributed by atoms with E-state index in [1.165, 1.54) is 9.36 Å². The standard InChI is InChI=1S/C13H18N6O3/c1-4-6-14-13(20)11-5-7-17(16-11)8-18-10(3)12(19(21)22)9(2)15-18/h5,7H,4,6,8H2,1-3H3,(H,14,20). The molecule has 0 spiro atoms. The highest BCUT2D eigenvalue weighted by Gasteiger charge is 2.22. The van der Waals surface area contributed by atoms with Crippen molar-refractivity contribution in [3.05, 3.63) is 39.5 Å². The Kier molecular flexibility index (Phi) is 4.54. The second kappa shape index (κ2) is 6.37. The van der Waals surface area contributed by atoms with Gasteiger partial charge in [0, 0.05) is 12.7 Å². The van der Waals surface area contributed by atoms with E-state index in [1.807, 2.05) is 6.92 Å². The summed E-state index contributed by atoms with van der Waals surface area (Å²) in [5, 5.41) is 22.0. The van der Waals surface area contributed by atoms with Gasteiger partial charge < -0.3 is 5.32 Å². The molecule has 0 atom stereocenters. The van der Waals surface area contributed by atoms with Crippen molar-refractivity contribution >= 4 is 11.6 Å². The van der Waals surface area contributed by atoms with Crippen LogP contribution in [0.3, 0.4) is 0 Å². The lowest BCUT2D eigenvalue weighted by atomic mass is 10.3. The second-order valence-corrected chi connectivity index (χ2v) is 4.91. The minimum Gasteiger partial charge on any atom is -0.351 e. The van der Waals surface area contributed by atoms with Crippen LogP contribution in [0.1, 0.15) is 35.2 Å². The third-order valence-electron chi connectivity index (χ3n) is 3.21. The van der Waals surface area contributed by atoms with Gasteiger partial charge in [-0.25, -0.2) is 4.68 Å². The normalized spacial score (nSPS) is 10.7. The molecule has 2 rings (SSSR count). The van der Waals surface area contributed by atoms with Gasteiger partial charge in [0.05, 0.1) is 4.92 Å². The SMILES string of the molecule is CCCNC(=O)c1ccn(Cn2nc(C)c([N+](=O)[O-])c2C)n1. The molecule has 9 nitrogen and oxygen atoms in total. The molecule has 2 aromatic heterocycles. The molecule has 22 heavy (non-hydrogen) atoms. The Morgan fingerprint density at radius 3 is 2.73 bits per heavy atom. The molecule has 0 fully saturated rings. The molecule has 118 valence electrons. The van der Waals surface area contributed by atoms with Crippen molar-refractivity contribution in [2.75, 3.05) is 6.54 Å². The van der Waals surface area contributed by atoms with Gasteiger partial charge in [-0.15, -0.1) is 0 Å². The molecular formula is C13H18N6O3. The number of aromatic nitrogens is 4. The molecule has 0 unspecified atom stereocenters. The first kappa shape index (κ1) is 15.7. The fourth-order valence-corrected chi connectivity index (χ4v) is 2.12. The van der Waals surface area contributed by atoms with E-state index in [9.17, 15) is 14.9 Å². The molecule has 1 N–H and O–H groups in total. The highest BCUT2D eigenvalue weighted by molar-refractivity contribution is 5.92. The summed E-state index contributed by atoms with van der Waals surface area (Å²) in [6.45, 7) is 6.00. The molecule has 0 saturated heterocycles. The molecule has 0 radical (unpaired) electrons. The number of rotatable bonds is 6. The van der Waals surface area contributed by atoms with Crippen LogP contribution in [0.2, 0.25) is 0 Å². The number of nitro groups is 1. The van der Waals surface area contributed by atoms with E-state index < -0.39 is 4.92 Å². The fraction of sp³-hybridized carbons (Fsp3) is 0.462. The number of carbonyl (C=O) groups is 1. The minimum absolute atomic E-state index is 0.00747. The maximum absolute atomic E-state index is 11.8. The third-order valence-corrected chi connectivity index (χ3v) is 3.21. The van der Waals surface area contributed by atoms with Crippen molar-refractivity contribution in [1.82, 2.24) is 24.9 Å². The molecule has 0 aliphatic rings. The Morgan fingerprint density at radius 2 is 2.14 bits per heavy atom. The van der Waals surface area contributed by atoms with Crippen LogP contribution in [0.25, 0.3) is 0 Å². The summed E-state index contributed by atoms with van der Waals surface area (Å²) >= 11 is 0. The maximum atomic E-state index is 11.8. The molecular weight excluding hydrogens is 288 g/mol. The van der Waals surface area contributed by atoms with Crippen LogP contribution in [0.5, 0.6) is 0 Å². The van der Waals surface area contributed by atoms with Crippen molar-refractivity contribution in [3.63, 3.8) is 0 Å². The van der Waals surface area contributed by atoms with Crippen LogP contribution in [-0.4, -0.2) is 36.9 Å². The number of nitrogens with one attached hydrogen (secondary N) is 1. The summed E-state index contributed by atoms with van der Waals surface area (Å²) in [5.41, 5.74) is 1.13. The van der Waals surface area contributed by atoms with E-state index in [2.05, 4.69) is 15.5 Å². The highest BCUT2D eigenvalue weighted by Crippen LogP contribution is 2.21. The molecule has 0 bridgehead atoms. The van der Waals surface area contributed by atoms with E-state index in [0.717, 1.165) is 6.42 Å². The van der Waals surface area contributed by atoms with Crippen LogP contribution in [0, 0.1) is 24.0 Å². The van der Waals surface area contributed by atoms with Crippen molar-refractivity contribution < 1.29 is 9.72 Å². The van der Waals surface area contributed by atoms with Gasteiger partial charge in [0.2, 0.25) is 0 Å². The van der Waals surface area contributed by atoms with E-state index in [-0.39, 0.29) is 18.3 Å². The molecule has 1 amide bonds. The first-order valence-electron chi connectivity index (χ1n) is 6.94. The Morgan fingerprint density at radius 1 is 1.41 bits per heavy atom. The molecule has 0 saturated carbocycles. The van der Waals surface area contributed by atoms with Crippen LogP contribution in [0.15, 0.2) is 12.3 Å². The molecule has 9 heteroatoms. The van der Waals surface area contributed by atoms with Crippen molar-refractivity contribution in [3.8, 4) is 0 Å². The summed E-state index contributed by atoms with van der Waals surface area (Å²) in [7, 11) is 0. The number of aryl methyl sites for hydroxylation is 1. The van der Waals surface area contributed by atoms with E-state index in [1.54, 1.807) is 26.1 Å². The zero-order valence-corrected chi connectivity index (χ0v) is 12.7. The van der Waals surface area contributed by atoms with Gasteiger partial charge in [-0.2, -0.15) is 10.2 Å². The average Bonchev–Trinajstić information content (AvgIpc) is 3.02. The Hall–Kier alpha value is -2.71. The quantitative estimate of drug-likeness (QED) is 0.638. The number of nitrogens with zero attached hydrogens (tertiary/aromatic N) is 5. The largest absolute Gasteiger partial charge is 0.351 e. The van der Waals surface area contributed by atoms with E-state index in [4.69, 9.17) is 0 Å². The van der Waals surface area contributed by atoms with Crippen LogP contribution < -0.4 is 5.32 Å².